The maximum absolute atomic E-state index is 12.9. The van der Waals surface area contributed by atoms with Crippen LogP contribution in [0.2, 0.25) is 0 Å². The summed E-state index contributed by atoms with van der Waals surface area (Å²) in [5, 5.41) is 6.07. The summed E-state index contributed by atoms with van der Waals surface area (Å²) >= 11 is 0. The van der Waals surface area contributed by atoms with Crippen LogP contribution >= 0.6 is 0 Å². The molecule has 2 rings (SSSR count). The molecule has 2 heterocycles. The molecule has 6 nitrogen and oxygen atoms in total. The Labute approximate surface area is 120 Å². The number of likely N-dealkylation sites (N-methyl/N-ethyl adjacent to an activating group) is 1. The number of carbonyl (C=O) groups is 2. The first-order chi connectivity index (χ1) is 9.64. The zero-order chi connectivity index (χ0) is 14.6. The second-order valence-electron chi connectivity index (χ2n) is 5.54. The van der Waals surface area contributed by atoms with Gasteiger partial charge in [0, 0.05) is 19.6 Å². The summed E-state index contributed by atoms with van der Waals surface area (Å²) in [6, 6.07) is -0.486. The first-order valence-electron chi connectivity index (χ1n) is 7.52. The van der Waals surface area contributed by atoms with Crippen molar-refractivity contribution in [2.24, 2.45) is 5.41 Å². The van der Waals surface area contributed by atoms with Crippen molar-refractivity contribution >= 4 is 11.8 Å². The van der Waals surface area contributed by atoms with E-state index in [0.29, 0.717) is 32.8 Å². The molecule has 114 valence electrons. The Hall–Kier alpha value is -1.14. The average Bonchev–Trinajstić information content (AvgIpc) is 2.97. The summed E-state index contributed by atoms with van der Waals surface area (Å²) < 4.78 is 5.39. The highest BCUT2D eigenvalue weighted by atomic mass is 16.5. The van der Waals surface area contributed by atoms with Crippen LogP contribution in [0.15, 0.2) is 0 Å². The molecule has 0 bridgehead atoms. The van der Waals surface area contributed by atoms with Crippen molar-refractivity contribution in [3.8, 4) is 0 Å². The van der Waals surface area contributed by atoms with E-state index in [1.165, 1.54) is 0 Å². The quantitative estimate of drug-likeness (QED) is 0.746. The van der Waals surface area contributed by atoms with Gasteiger partial charge >= 0.3 is 0 Å². The molecule has 0 aromatic heterocycles. The van der Waals surface area contributed by atoms with Crippen LogP contribution in [0.5, 0.6) is 0 Å². The summed E-state index contributed by atoms with van der Waals surface area (Å²) in [7, 11) is 0. The maximum atomic E-state index is 12.9. The number of rotatable bonds is 4. The third kappa shape index (κ3) is 2.81. The van der Waals surface area contributed by atoms with E-state index in [1.807, 2.05) is 13.8 Å². The molecule has 2 aliphatic heterocycles. The summed E-state index contributed by atoms with van der Waals surface area (Å²) in [5.41, 5.74) is -0.345. The fourth-order valence-electron chi connectivity index (χ4n) is 3.04. The number of hydrogen-bond donors (Lipinski definition) is 2. The average molecular weight is 283 g/mol. The van der Waals surface area contributed by atoms with Gasteiger partial charge in [-0.3, -0.25) is 9.59 Å². The molecule has 0 saturated carbocycles. The van der Waals surface area contributed by atoms with Crippen LogP contribution in [0.25, 0.3) is 0 Å². The Kier molecular flexibility index (Phi) is 4.99. The molecule has 2 atom stereocenters. The van der Waals surface area contributed by atoms with E-state index < -0.39 is 6.04 Å². The maximum Gasteiger partial charge on any atom is 0.245 e. The SMILES string of the molecule is CCNC(=O)C1COCCN1C(=O)C1(CC)CCNC1. The van der Waals surface area contributed by atoms with E-state index in [2.05, 4.69) is 10.6 Å². The molecule has 6 heteroatoms. The van der Waals surface area contributed by atoms with Crippen LogP contribution in [0.4, 0.5) is 0 Å². The lowest BCUT2D eigenvalue weighted by Crippen LogP contribution is -2.59. The lowest BCUT2D eigenvalue weighted by atomic mass is 9.82. The van der Waals surface area contributed by atoms with Gasteiger partial charge in [-0.15, -0.1) is 0 Å². The standard InChI is InChI=1S/C14H25N3O3/c1-3-14(5-6-15-10-14)13(19)17-7-8-20-9-11(17)12(18)16-4-2/h11,15H,3-10H2,1-2H3,(H,16,18). The monoisotopic (exact) mass is 283 g/mol. The third-order valence-corrected chi connectivity index (χ3v) is 4.42. The van der Waals surface area contributed by atoms with E-state index in [9.17, 15) is 9.59 Å². The zero-order valence-electron chi connectivity index (χ0n) is 12.4. The van der Waals surface area contributed by atoms with Crippen molar-refractivity contribution in [1.29, 1.82) is 0 Å². The van der Waals surface area contributed by atoms with Gasteiger partial charge in [0.25, 0.3) is 0 Å². The van der Waals surface area contributed by atoms with Gasteiger partial charge in [-0.05, 0) is 26.3 Å². The molecule has 0 radical (unpaired) electrons. The highest BCUT2D eigenvalue weighted by Gasteiger charge is 2.45. The molecule has 2 unspecified atom stereocenters. The molecule has 2 amide bonds. The van der Waals surface area contributed by atoms with E-state index in [0.717, 1.165) is 19.4 Å². The van der Waals surface area contributed by atoms with E-state index in [1.54, 1.807) is 4.90 Å². The van der Waals surface area contributed by atoms with E-state index in [4.69, 9.17) is 4.74 Å². The van der Waals surface area contributed by atoms with Crippen molar-refractivity contribution in [1.82, 2.24) is 15.5 Å². The number of hydrogen-bond acceptors (Lipinski definition) is 4. The van der Waals surface area contributed by atoms with Gasteiger partial charge in [0.05, 0.1) is 18.6 Å². The van der Waals surface area contributed by atoms with Crippen LogP contribution in [0.1, 0.15) is 26.7 Å². The minimum atomic E-state index is -0.486. The fourth-order valence-corrected chi connectivity index (χ4v) is 3.04. The number of amides is 2. The third-order valence-electron chi connectivity index (χ3n) is 4.42. The van der Waals surface area contributed by atoms with Crippen LogP contribution in [-0.4, -0.2) is 62.1 Å². The Morgan fingerprint density at radius 2 is 2.25 bits per heavy atom. The van der Waals surface area contributed by atoms with Crippen molar-refractivity contribution < 1.29 is 14.3 Å². The molecule has 2 fully saturated rings. The van der Waals surface area contributed by atoms with Gasteiger partial charge in [0.15, 0.2) is 0 Å². The Bertz CT molecular complexity index is 367. The smallest absolute Gasteiger partial charge is 0.245 e. The molecule has 0 aromatic carbocycles. The number of carbonyl (C=O) groups excluding carboxylic acids is 2. The van der Waals surface area contributed by atoms with Crippen LogP contribution < -0.4 is 10.6 Å². The summed E-state index contributed by atoms with van der Waals surface area (Å²) in [5.74, 6) is -0.0117. The molecule has 2 N–H and O–H groups in total. The van der Waals surface area contributed by atoms with Crippen molar-refractivity contribution in [2.45, 2.75) is 32.7 Å². The first-order valence-corrected chi connectivity index (χ1v) is 7.52. The molecular formula is C14H25N3O3. The Morgan fingerprint density at radius 1 is 1.45 bits per heavy atom. The van der Waals surface area contributed by atoms with Gasteiger partial charge in [-0.1, -0.05) is 6.92 Å². The summed E-state index contributed by atoms with van der Waals surface area (Å²) in [4.78, 5) is 26.8. The molecule has 0 aromatic rings. The molecule has 0 spiro atoms. The predicted molar refractivity (Wildman–Crippen MR) is 75.2 cm³/mol. The summed E-state index contributed by atoms with van der Waals surface area (Å²) in [6.07, 6.45) is 1.65. The minimum absolute atomic E-state index is 0.101. The Balaban J connectivity index is 2.14. The topological polar surface area (TPSA) is 70.7 Å². The lowest BCUT2D eigenvalue weighted by molar-refractivity contribution is -0.156. The van der Waals surface area contributed by atoms with Gasteiger partial charge in [0.2, 0.25) is 11.8 Å². The van der Waals surface area contributed by atoms with Gasteiger partial charge in [-0.2, -0.15) is 0 Å². The zero-order valence-corrected chi connectivity index (χ0v) is 12.4. The number of nitrogens with one attached hydrogen (secondary N) is 2. The Morgan fingerprint density at radius 3 is 2.85 bits per heavy atom. The minimum Gasteiger partial charge on any atom is -0.377 e. The van der Waals surface area contributed by atoms with Gasteiger partial charge < -0.3 is 20.3 Å². The normalized spacial score (nSPS) is 30.3. The second-order valence-corrected chi connectivity index (χ2v) is 5.54. The van der Waals surface area contributed by atoms with Crippen LogP contribution in [0, 0.1) is 5.41 Å². The number of ether oxygens (including phenoxy) is 1. The van der Waals surface area contributed by atoms with Gasteiger partial charge in [0.1, 0.15) is 6.04 Å². The molecular weight excluding hydrogens is 258 g/mol. The van der Waals surface area contributed by atoms with Crippen molar-refractivity contribution in [2.75, 3.05) is 39.4 Å². The van der Waals surface area contributed by atoms with E-state index in [-0.39, 0.29) is 17.2 Å². The molecule has 2 aliphatic rings. The fraction of sp³-hybridized carbons (Fsp3) is 0.857. The second kappa shape index (κ2) is 6.54. The number of morpholine rings is 1. The summed E-state index contributed by atoms with van der Waals surface area (Å²) in [6.45, 7) is 7.38. The van der Waals surface area contributed by atoms with Crippen molar-refractivity contribution in [3.63, 3.8) is 0 Å². The molecule has 0 aliphatic carbocycles. The van der Waals surface area contributed by atoms with Gasteiger partial charge in [-0.25, -0.2) is 0 Å². The van der Waals surface area contributed by atoms with Crippen molar-refractivity contribution in [3.05, 3.63) is 0 Å². The largest absolute Gasteiger partial charge is 0.377 e. The van der Waals surface area contributed by atoms with Crippen LogP contribution in [0.3, 0.4) is 0 Å². The lowest BCUT2D eigenvalue weighted by Gasteiger charge is -2.40. The molecule has 20 heavy (non-hydrogen) atoms. The highest BCUT2D eigenvalue weighted by Crippen LogP contribution is 2.33. The highest BCUT2D eigenvalue weighted by molar-refractivity contribution is 5.90. The van der Waals surface area contributed by atoms with Crippen LogP contribution in [-0.2, 0) is 14.3 Å². The number of nitrogens with zero attached hydrogens (tertiary/aromatic N) is 1. The molecule has 2 saturated heterocycles. The van der Waals surface area contributed by atoms with E-state index >= 15 is 0 Å². The first kappa shape index (κ1) is 15.3. The predicted octanol–water partition coefficient (Wildman–Crippen LogP) is -0.260.